The Hall–Kier alpha value is -2.81. The van der Waals surface area contributed by atoms with Crippen LogP contribution in [0.15, 0.2) is 42.5 Å². The number of ether oxygens (including phenoxy) is 2. The molecule has 10 heteroatoms. The molecule has 0 atom stereocenters. The van der Waals surface area contributed by atoms with Gasteiger partial charge in [0, 0.05) is 4.92 Å². The molecule has 26 heavy (non-hydrogen) atoms. The van der Waals surface area contributed by atoms with Crippen molar-refractivity contribution in [2.75, 3.05) is 13.2 Å². The summed E-state index contributed by atoms with van der Waals surface area (Å²) in [6, 6.07) is 8.20. The molecule has 0 aromatic heterocycles. The van der Waals surface area contributed by atoms with Crippen molar-refractivity contribution in [3.8, 4) is 11.5 Å². The summed E-state index contributed by atoms with van der Waals surface area (Å²) in [6.45, 7) is -0.912. The third-order valence-electron chi connectivity index (χ3n) is 3.06. The van der Waals surface area contributed by atoms with Crippen LogP contribution in [-0.4, -0.2) is 24.0 Å². The summed E-state index contributed by atoms with van der Waals surface area (Å²) >= 11 is 5.81. The van der Waals surface area contributed by atoms with Gasteiger partial charge >= 0.3 is 12.1 Å². The molecule has 2 rings (SSSR count). The Morgan fingerprint density at radius 2 is 1.92 bits per heavy atom. The van der Waals surface area contributed by atoms with E-state index in [-0.39, 0.29) is 28.7 Å². The van der Waals surface area contributed by atoms with Crippen LogP contribution in [0.2, 0.25) is 5.02 Å². The molecule has 2 aromatic rings. The third kappa shape index (κ3) is 5.35. The zero-order valence-corrected chi connectivity index (χ0v) is 13.7. The zero-order chi connectivity index (χ0) is 19.3. The molecule has 0 spiro atoms. The van der Waals surface area contributed by atoms with Crippen LogP contribution in [0.25, 0.3) is 0 Å². The van der Waals surface area contributed by atoms with Gasteiger partial charge in [0.1, 0.15) is 11.5 Å². The highest BCUT2D eigenvalue weighted by molar-refractivity contribution is 6.32. The Morgan fingerprint density at radius 1 is 1.19 bits per heavy atom. The highest BCUT2D eigenvalue weighted by Crippen LogP contribution is 2.36. The number of hydrogen-bond acceptors (Lipinski definition) is 5. The van der Waals surface area contributed by atoms with Gasteiger partial charge < -0.3 is 9.47 Å². The minimum atomic E-state index is -4.53. The van der Waals surface area contributed by atoms with Gasteiger partial charge in [-0.05, 0) is 36.4 Å². The van der Waals surface area contributed by atoms with Gasteiger partial charge in [-0.1, -0.05) is 17.7 Å². The predicted molar refractivity (Wildman–Crippen MR) is 85.1 cm³/mol. The largest absolute Gasteiger partial charge is 0.456 e. The molecule has 6 nitrogen and oxygen atoms in total. The lowest BCUT2D eigenvalue weighted by atomic mass is 10.2. The first-order valence-corrected chi connectivity index (χ1v) is 7.48. The first-order valence-electron chi connectivity index (χ1n) is 7.10. The van der Waals surface area contributed by atoms with Crippen molar-refractivity contribution in [3.63, 3.8) is 0 Å². The predicted octanol–water partition coefficient (Wildman–Crippen LogP) is 4.58. The van der Waals surface area contributed by atoms with E-state index in [1.54, 1.807) is 0 Å². The topological polar surface area (TPSA) is 78.7 Å². The van der Waals surface area contributed by atoms with Gasteiger partial charge in [-0.25, -0.2) is 4.79 Å². The third-order valence-corrected chi connectivity index (χ3v) is 3.36. The number of rotatable bonds is 6. The zero-order valence-electron chi connectivity index (χ0n) is 13.0. The minimum absolute atomic E-state index is 0.0291. The first kappa shape index (κ1) is 19.5. The molecule has 138 valence electrons. The number of nitrogens with zero attached hydrogens (tertiary/aromatic N) is 1. The van der Waals surface area contributed by atoms with E-state index < -0.39 is 29.2 Å². The fourth-order valence-electron chi connectivity index (χ4n) is 1.87. The Morgan fingerprint density at radius 3 is 2.54 bits per heavy atom. The van der Waals surface area contributed by atoms with Crippen LogP contribution >= 0.6 is 11.6 Å². The molecule has 0 aliphatic carbocycles. The molecule has 0 aliphatic heterocycles. The fourth-order valence-corrected chi connectivity index (χ4v) is 2.09. The number of carbonyl (C=O) groups excluding carboxylic acids is 1. The van der Waals surface area contributed by atoms with Crippen LogP contribution in [0.4, 0.5) is 13.2 Å². The van der Waals surface area contributed by atoms with Crippen LogP contribution in [0, 0.1) is 10.1 Å². The van der Waals surface area contributed by atoms with E-state index >= 15 is 0 Å². The van der Waals surface area contributed by atoms with Crippen LogP contribution in [0.3, 0.4) is 0 Å². The molecule has 0 unspecified atom stereocenters. The van der Waals surface area contributed by atoms with E-state index in [2.05, 4.69) is 0 Å². The fraction of sp³-hybridized carbons (Fsp3) is 0.188. The average Bonchev–Trinajstić information content (AvgIpc) is 2.55. The molecule has 0 amide bonds. The number of esters is 1. The summed E-state index contributed by atoms with van der Waals surface area (Å²) in [5, 5.41) is 9.95. The molecule has 0 aliphatic rings. The van der Waals surface area contributed by atoms with E-state index in [0.717, 1.165) is 18.2 Å². The highest BCUT2D eigenvalue weighted by Gasteiger charge is 2.31. The monoisotopic (exact) mass is 389 g/mol. The van der Waals surface area contributed by atoms with Crippen molar-refractivity contribution >= 4 is 17.6 Å². The number of alkyl halides is 3. The van der Waals surface area contributed by atoms with E-state index in [0.29, 0.717) is 0 Å². The maximum Gasteiger partial charge on any atom is 0.416 e. The van der Waals surface area contributed by atoms with Crippen molar-refractivity contribution in [2.45, 2.75) is 6.18 Å². The Kier molecular flexibility index (Phi) is 6.04. The highest BCUT2D eigenvalue weighted by atomic mass is 35.5. The number of benzene rings is 2. The SMILES string of the molecule is O=C(OCC[N+](=O)[O-])c1cccc(Oc2ccc(C(F)(F)F)cc2Cl)c1. The maximum atomic E-state index is 12.6. The Labute approximate surface area is 150 Å². The van der Waals surface area contributed by atoms with Crippen molar-refractivity contribution in [2.24, 2.45) is 0 Å². The number of nitro groups is 1. The van der Waals surface area contributed by atoms with Crippen molar-refractivity contribution in [3.05, 3.63) is 68.7 Å². The lowest BCUT2D eigenvalue weighted by Gasteiger charge is -2.11. The molecule has 0 fully saturated rings. The molecule has 0 heterocycles. The van der Waals surface area contributed by atoms with Gasteiger partial charge in [0.2, 0.25) is 6.54 Å². The summed E-state index contributed by atoms with van der Waals surface area (Å²) in [5.74, 6) is -0.690. The number of hydrogen-bond donors (Lipinski definition) is 0. The molecule has 0 bridgehead atoms. The van der Waals surface area contributed by atoms with E-state index in [9.17, 15) is 28.1 Å². The molecule has 0 radical (unpaired) electrons. The summed E-state index contributed by atoms with van der Waals surface area (Å²) in [5.41, 5.74) is -0.855. The summed E-state index contributed by atoms with van der Waals surface area (Å²) in [6.07, 6.45) is -4.53. The van der Waals surface area contributed by atoms with Gasteiger partial charge in [0.05, 0.1) is 16.1 Å². The van der Waals surface area contributed by atoms with Gasteiger partial charge in [-0.3, -0.25) is 10.1 Å². The second-order valence-corrected chi connectivity index (χ2v) is 5.37. The smallest absolute Gasteiger partial charge is 0.416 e. The first-order chi connectivity index (χ1) is 12.2. The standard InChI is InChI=1S/C16H11ClF3NO5/c17-13-9-11(16(18,19)20)4-5-14(13)26-12-3-1-2-10(8-12)15(22)25-7-6-21(23)24/h1-5,8-9H,6-7H2. The Bertz CT molecular complexity index is 826. The minimum Gasteiger partial charge on any atom is -0.456 e. The molecule has 0 N–H and O–H groups in total. The van der Waals surface area contributed by atoms with Crippen LogP contribution in [0.5, 0.6) is 11.5 Å². The van der Waals surface area contributed by atoms with E-state index in [1.165, 1.54) is 24.3 Å². The lowest BCUT2D eigenvalue weighted by Crippen LogP contribution is -2.13. The quantitative estimate of drug-likeness (QED) is 0.410. The summed E-state index contributed by atoms with van der Waals surface area (Å²) in [4.78, 5) is 21.4. The molecule has 2 aromatic carbocycles. The van der Waals surface area contributed by atoms with Crippen molar-refractivity contribution in [1.82, 2.24) is 0 Å². The lowest BCUT2D eigenvalue weighted by molar-refractivity contribution is -0.482. The molecule has 0 saturated heterocycles. The van der Waals surface area contributed by atoms with E-state index in [4.69, 9.17) is 21.1 Å². The van der Waals surface area contributed by atoms with Crippen LogP contribution < -0.4 is 4.74 Å². The Balaban J connectivity index is 2.11. The normalized spacial score (nSPS) is 11.1. The number of carbonyl (C=O) groups is 1. The number of halogens is 4. The van der Waals surface area contributed by atoms with Crippen LogP contribution in [-0.2, 0) is 10.9 Å². The summed E-state index contributed by atoms with van der Waals surface area (Å²) in [7, 11) is 0. The second kappa shape index (κ2) is 8.05. The van der Waals surface area contributed by atoms with Gasteiger partial charge in [0.25, 0.3) is 0 Å². The van der Waals surface area contributed by atoms with E-state index in [1.807, 2.05) is 0 Å². The van der Waals surface area contributed by atoms with Gasteiger partial charge in [-0.15, -0.1) is 0 Å². The summed E-state index contributed by atoms with van der Waals surface area (Å²) < 4.78 is 48.0. The maximum absolute atomic E-state index is 12.6. The molecular weight excluding hydrogens is 379 g/mol. The van der Waals surface area contributed by atoms with Crippen LogP contribution in [0.1, 0.15) is 15.9 Å². The van der Waals surface area contributed by atoms with Crippen molar-refractivity contribution < 1.29 is 32.4 Å². The van der Waals surface area contributed by atoms with Gasteiger partial charge in [-0.2, -0.15) is 13.2 Å². The average molecular weight is 390 g/mol. The van der Waals surface area contributed by atoms with Crippen molar-refractivity contribution in [1.29, 1.82) is 0 Å². The van der Waals surface area contributed by atoms with Gasteiger partial charge in [0.15, 0.2) is 6.61 Å². The molecule has 0 saturated carbocycles. The second-order valence-electron chi connectivity index (χ2n) is 4.97. The molecular formula is C16H11ClF3NO5.